The van der Waals surface area contributed by atoms with Gasteiger partial charge in [-0.25, -0.2) is 4.98 Å². The number of hydrogen-bond acceptors (Lipinski definition) is 5. The van der Waals surface area contributed by atoms with Crippen molar-refractivity contribution in [3.63, 3.8) is 0 Å². The molecule has 1 aliphatic carbocycles. The number of fused-ring (bicyclic) bond motifs is 3. The van der Waals surface area contributed by atoms with Gasteiger partial charge in [0.25, 0.3) is 5.56 Å². The molecule has 1 saturated heterocycles. The summed E-state index contributed by atoms with van der Waals surface area (Å²) >= 11 is 0. The first-order valence-corrected chi connectivity index (χ1v) is 12.5. The van der Waals surface area contributed by atoms with Crippen molar-refractivity contribution >= 4 is 22.1 Å². The maximum Gasteiger partial charge on any atom is 0.266 e. The van der Waals surface area contributed by atoms with Gasteiger partial charge in [0.05, 0.1) is 36.1 Å². The Morgan fingerprint density at radius 3 is 2.59 bits per heavy atom. The molecule has 0 radical (unpaired) electrons. The van der Waals surface area contributed by atoms with Crippen LogP contribution in [0.4, 0.5) is 0 Å². The number of ether oxygens (including phenoxy) is 2. The number of epoxide rings is 1. The lowest BCUT2D eigenvalue weighted by atomic mass is 9.95. The van der Waals surface area contributed by atoms with Crippen molar-refractivity contribution in [2.45, 2.75) is 31.5 Å². The summed E-state index contributed by atoms with van der Waals surface area (Å²) in [4.78, 5) is 22.9. The van der Waals surface area contributed by atoms with Crippen LogP contribution in [0.3, 0.4) is 0 Å². The third kappa shape index (κ3) is 4.41. The van der Waals surface area contributed by atoms with E-state index in [0.717, 1.165) is 22.0 Å². The molecule has 0 bridgehead atoms. The monoisotopic (exact) mass is 489 g/mol. The average molecular weight is 490 g/mol. The van der Waals surface area contributed by atoms with Gasteiger partial charge < -0.3 is 9.47 Å². The Hall–Kier alpha value is -4.29. The highest BCUT2D eigenvalue weighted by molar-refractivity contribution is 5.91. The molecule has 2 aromatic carbocycles. The van der Waals surface area contributed by atoms with Crippen LogP contribution in [-0.4, -0.2) is 33.7 Å². The molecule has 6 heteroatoms. The molecule has 7 rings (SSSR count). The summed E-state index contributed by atoms with van der Waals surface area (Å²) in [6.07, 6.45) is 8.98. The molecule has 2 aliphatic rings. The van der Waals surface area contributed by atoms with Crippen LogP contribution in [0.5, 0.6) is 5.75 Å². The first kappa shape index (κ1) is 23.1. The van der Waals surface area contributed by atoms with Crippen molar-refractivity contribution in [3.8, 4) is 16.9 Å². The second-order valence-electron chi connectivity index (χ2n) is 9.30. The van der Waals surface area contributed by atoms with Gasteiger partial charge in [0.1, 0.15) is 11.4 Å². The van der Waals surface area contributed by atoms with Crippen molar-refractivity contribution in [3.05, 3.63) is 113 Å². The second kappa shape index (κ2) is 9.64. The van der Waals surface area contributed by atoms with Crippen molar-refractivity contribution in [2.75, 3.05) is 7.11 Å². The highest BCUT2D eigenvalue weighted by Gasteiger charge is 2.42. The normalized spacial score (nSPS) is 17.6. The number of rotatable bonds is 4. The Morgan fingerprint density at radius 2 is 1.84 bits per heavy atom. The summed E-state index contributed by atoms with van der Waals surface area (Å²) in [6.45, 7) is 4.29. The van der Waals surface area contributed by atoms with Crippen LogP contribution < -0.4 is 10.3 Å². The van der Waals surface area contributed by atoms with Gasteiger partial charge in [-0.15, -0.1) is 0 Å². The second-order valence-corrected chi connectivity index (χ2v) is 9.30. The zero-order chi connectivity index (χ0) is 25.4. The van der Waals surface area contributed by atoms with Crippen molar-refractivity contribution in [1.29, 1.82) is 0 Å². The summed E-state index contributed by atoms with van der Waals surface area (Å²) in [6, 6.07) is 22.8. The molecule has 5 aromatic rings. The lowest BCUT2D eigenvalue weighted by molar-refractivity contribution is 0.322. The number of pyridine rings is 2. The molecule has 184 valence electrons. The van der Waals surface area contributed by atoms with Crippen LogP contribution in [0.25, 0.3) is 33.3 Å². The zero-order valence-corrected chi connectivity index (χ0v) is 20.6. The summed E-state index contributed by atoms with van der Waals surface area (Å²) in [5.74, 6) is 0.675. The molecular formula is C31H27N3O3. The van der Waals surface area contributed by atoms with E-state index < -0.39 is 0 Å². The summed E-state index contributed by atoms with van der Waals surface area (Å²) in [7, 11) is 1.62. The van der Waals surface area contributed by atoms with E-state index in [2.05, 4.69) is 11.6 Å². The summed E-state index contributed by atoms with van der Waals surface area (Å²) < 4.78 is 12.2. The first-order valence-electron chi connectivity index (χ1n) is 12.5. The molecule has 2 fully saturated rings. The highest BCUT2D eigenvalue weighted by Crippen LogP contribution is 2.37. The maximum atomic E-state index is 13.6. The molecular weight excluding hydrogens is 462 g/mol. The number of hydrogen-bond donors (Lipinski definition) is 0. The fourth-order valence-corrected chi connectivity index (χ4v) is 5.02. The Morgan fingerprint density at radius 1 is 1.03 bits per heavy atom. The van der Waals surface area contributed by atoms with Crippen LogP contribution in [0, 0.1) is 0 Å². The molecule has 0 amide bonds. The third-order valence-electron chi connectivity index (χ3n) is 7.01. The van der Waals surface area contributed by atoms with Gasteiger partial charge in [-0.1, -0.05) is 49.0 Å². The maximum absolute atomic E-state index is 13.6. The van der Waals surface area contributed by atoms with E-state index >= 15 is 0 Å². The van der Waals surface area contributed by atoms with E-state index in [1.165, 1.54) is 19.3 Å². The highest BCUT2D eigenvalue weighted by atomic mass is 16.6. The van der Waals surface area contributed by atoms with Gasteiger partial charge in [0.2, 0.25) is 0 Å². The minimum atomic E-state index is -0.160. The van der Waals surface area contributed by atoms with E-state index in [0.29, 0.717) is 40.4 Å². The molecule has 2 atom stereocenters. The molecule has 2 unspecified atom stereocenters. The lowest BCUT2D eigenvalue weighted by Gasteiger charge is -2.15. The Bertz CT molecular complexity index is 1680. The lowest BCUT2D eigenvalue weighted by Crippen LogP contribution is -2.19. The molecule has 4 heterocycles. The minimum absolute atomic E-state index is 0.160. The quantitative estimate of drug-likeness (QED) is 0.293. The number of aromatic nitrogens is 3. The molecule has 37 heavy (non-hydrogen) atoms. The zero-order valence-electron chi connectivity index (χ0n) is 20.6. The van der Waals surface area contributed by atoms with E-state index in [1.54, 1.807) is 23.9 Å². The van der Waals surface area contributed by atoms with Gasteiger partial charge in [0, 0.05) is 28.9 Å². The standard InChI is InChI=1S/C26H19N3O2.C5H8O/c1-17(20-9-3-4-10-22(20)31-2)25-24(26(30)29-15-6-5-11-23(29)28-25)19-13-12-18-8-7-14-27-21(18)16-19;1-2-4-5(3-1)6-4/h3-16H,1H2,2H3;4-5H,1-3H2. The van der Waals surface area contributed by atoms with Gasteiger partial charge in [-0.05, 0) is 55.2 Å². The van der Waals surface area contributed by atoms with Crippen LogP contribution >= 0.6 is 0 Å². The topological polar surface area (TPSA) is 69.0 Å². The number of nitrogens with zero attached hydrogens (tertiary/aromatic N) is 3. The molecule has 1 aliphatic heterocycles. The van der Waals surface area contributed by atoms with E-state index in [-0.39, 0.29) is 5.56 Å². The fraction of sp³-hybridized carbons (Fsp3) is 0.194. The van der Waals surface area contributed by atoms with E-state index in [9.17, 15) is 4.79 Å². The van der Waals surface area contributed by atoms with E-state index in [1.807, 2.05) is 72.8 Å². The number of methoxy groups -OCH3 is 1. The molecule has 1 saturated carbocycles. The Kier molecular flexibility index (Phi) is 6.02. The Labute approximate surface area is 214 Å². The number of para-hydroxylation sites is 1. The van der Waals surface area contributed by atoms with Crippen LogP contribution in [0.15, 0.2) is 96.6 Å². The van der Waals surface area contributed by atoms with Gasteiger partial charge in [-0.3, -0.25) is 14.2 Å². The molecule has 3 aromatic heterocycles. The third-order valence-corrected chi connectivity index (χ3v) is 7.01. The Balaban J connectivity index is 0.000000364. The molecule has 0 N–H and O–H groups in total. The fourth-order valence-electron chi connectivity index (χ4n) is 5.02. The van der Waals surface area contributed by atoms with Crippen molar-refractivity contribution < 1.29 is 9.47 Å². The van der Waals surface area contributed by atoms with E-state index in [4.69, 9.17) is 14.5 Å². The van der Waals surface area contributed by atoms with Crippen molar-refractivity contribution in [2.24, 2.45) is 0 Å². The summed E-state index contributed by atoms with van der Waals surface area (Å²) in [5.41, 5.74) is 4.37. The van der Waals surface area contributed by atoms with Crippen LogP contribution in [0.1, 0.15) is 30.5 Å². The van der Waals surface area contributed by atoms with Crippen molar-refractivity contribution in [1.82, 2.24) is 14.4 Å². The predicted octanol–water partition coefficient (Wildman–Crippen LogP) is 5.92. The predicted molar refractivity (Wildman–Crippen MR) is 146 cm³/mol. The van der Waals surface area contributed by atoms with Crippen LogP contribution in [-0.2, 0) is 4.74 Å². The summed E-state index contributed by atoms with van der Waals surface area (Å²) in [5, 5.41) is 1.00. The molecule has 6 nitrogen and oxygen atoms in total. The first-order chi connectivity index (χ1) is 18.1. The largest absolute Gasteiger partial charge is 0.496 e. The number of benzene rings is 2. The SMILES string of the molecule is C1CC2OC2C1.C=C(c1ccccc1OC)c1nc2ccccn2c(=O)c1-c1ccc2cccnc2c1. The van der Waals surface area contributed by atoms with Gasteiger partial charge in [-0.2, -0.15) is 0 Å². The smallest absolute Gasteiger partial charge is 0.266 e. The molecule has 0 spiro atoms. The average Bonchev–Trinajstić information content (AvgIpc) is 3.56. The minimum Gasteiger partial charge on any atom is -0.496 e. The van der Waals surface area contributed by atoms with Gasteiger partial charge >= 0.3 is 0 Å². The van der Waals surface area contributed by atoms with Crippen LogP contribution in [0.2, 0.25) is 0 Å². The van der Waals surface area contributed by atoms with Gasteiger partial charge in [0.15, 0.2) is 0 Å².